The average Bonchev–Trinajstić information content (AvgIpc) is 2.16. The van der Waals surface area contributed by atoms with Gasteiger partial charge in [0.25, 0.3) is 0 Å². The van der Waals surface area contributed by atoms with Crippen molar-refractivity contribution in [1.29, 1.82) is 0 Å². The van der Waals surface area contributed by atoms with E-state index in [0.717, 1.165) is 11.1 Å². The van der Waals surface area contributed by atoms with E-state index in [2.05, 4.69) is 15.9 Å². The predicted octanol–water partition coefficient (Wildman–Crippen LogP) is 3.16. The minimum absolute atomic E-state index is 0.0158. The van der Waals surface area contributed by atoms with Gasteiger partial charge in [0.05, 0.1) is 4.83 Å². The Morgan fingerprint density at radius 1 is 1.64 bits per heavy atom. The molecule has 0 aromatic heterocycles. The van der Waals surface area contributed by atoms with Gasteiger partial charge in [-0.15, -0.1) is 11.6 Å². The van der Waals surface area contributed by atoms with E-state index in [4.69, 9.17) is 11.6 Å². The number of ketones is 1. The van der Waals surface area contributed by atoms with Crippen LogP contribution in [0.3, 0.4) is 0 Å². The molecule has 0 aliphatic carbocycles. The SMILES string of the molecule is CC(=O)C(Br)c1ccc(O)cc1CCl. The van der Waals surface area contributed by atoms with E-state index in [1.165, 1.54) is 6.92 Å². The number of carbonyl (C=O) groups excluding carboxylic acids is 1. The van der Waals surface area contributed by atoms with Crippen molar-refractivity contribution in [3.05, 3.63) is 29.3 Å². The number of rotatable bonds is 3. The Balaban J connectivity index is 3.13. The second kappa shape index (κ2) is 4.80. The third-order valence-corrected chi connectivity index (χ3v) is 3.33. The van der Waals surface area contributed by atoms with E-state index in [-0.39, 0.29) is 22.2 Å². The molecule has 1 N–H and O–H groups in total. The van der Waals surface area contributed by atoms with E-state index < -0.39 is 0 Å². The Morgan fingerprint density at radius 2 is 2.29 bits per heavy atom. The summed E-state index contributed by atoms with van der Waals surface area (Å²) in [6.07, 6.45) is 0. The van der Waals surface area contributed by atoms with E-state index in [1.54, 1.807) is 18.2 Å². The number of hydrogen-bond donors (Lipinski definition) is 1. The van der Waals surface area contributed by atoms with Crippen LogP contribution in [0.15, 0.2) is 18.2 Å². The van der Waals surface area contributed by atoms with Crippen LogP contribution in [0.4, 0.5) is 0 Å². The maximum atomic E-state index is 11.1. The van der Waals surface area contributed by atoms with Crippen molar-refractivity contribution in [2.75, 3.05) is 0 Å². The van der Waals surface area contributed by atoms with Gasteiger partial charge in [-0.3, -0.25) is 4.79 Å². The molecule has 0 amide bonds. The number of halogens is 2. The van der Waals surface area contributed by atoms with E-state index in [9.17, 15) is 9.90 Å². The lowest BCUT2D eigenvalue weighted by molar-refractivity contribution is -0.116. The normalized spacial score (nSPS) is 12.5. The van der Waals surface area contributed by atoms with Crippen molar-refractivity contribution in [2.24, 2.45) is 0 Å². The highest BCUT2D eigenvalue weighted by Crippen LogP contribution is 2.30. The van der Waals surface area contributed by atoms with E-state index in [1.807, 2.05) is 0 Å². The van der Waals surface area contributed by atoms with Crippen LogP contribution in [0, 0.1) is 0 Å². The van der Waals surface area contributed by atoms with Gasteiger partial charge >= 0.3 is 0 Å². The lowest BCUT2D eigenvalue weighted by atomic mass is 10.0. The minimum Gasteiger partial charge on any atom is -0.508 e. The number of Topliss-reactive ketones (excluding diaryl/α,β-unsaturated/α-hetero) is 1. The van der Waals surface area contributed by atoms with Crippen molar-refractivity contribution < 1.29 is 9.90 Å². The van der Waals surface area contributed by atoms with Gasteiger partial charge in [0, 0.05) is 5.88 Å². The number of phenols is 1. The zero-order valence-electron chi connectivity index (χ0n) is 7.63. The molecule has 1 atom stereocenters. The summed E-state index contributed by atoms with van der Waals surface area (Å²) in [5.41, 5.74) is 1.58. The third kappa shape index (κ3) is 2.49. The lowest BCUT2D eigenvalue weighted by Crippen LogP contribution is -2.03. The second-order valence-corrected chi connectivity index (χ2v) is 4.17. The van der Waals surface area contributed by atoms with Gasteiger partial charge in [0.15, 0.2) is 0 Å². The fourth-order valence-electron chi connectivity index (χ4n) is 1.17. The second-order valence-electron chi connectivity index (χ2n) is 2.99. The summed E-state index contributed by atoms with van der Waals surface area (Å²) < 4.78 is 0. The number of hydrogen-bond acceptors (Lipinski definition) is 2. The molecule has 0 spiro atoms. The van der Waals surface area contributed by atoms with Gasteiger partial charge in [-0.05, 0) is 30.2 Å². The summed E-state index contributed by atoms with van der Waals surface area (Å²) in [5.74, 6) is 0.453. The first kappa shape index (κ1) is 11.5. The standard InChI is InChI=1S/C10H10BrClO2/c1-6(13)10(11)9-3-2-8(14)4-7(9)5-12/h2-4,10,14H,5H2,1H3. The molecule has 14 heavy (non-hydrogen) atoms. The van der Waals surface area contributed by atoms with Crippen LogP contribution in [-0.4, -0.2) is 10.9 Å². The third-order valence-electron chi connectivity index (χ3n) is 1.90. The monoisotopic (exact) mass is 276 g/mol. The van der Waals surface area contributed by atoms with Crippen LogP contribution in [0.2, 0.25) is 0 Å². The zero-order valence-corrected chi connectivity index (χ0v) is 9.97. The number of aromatic hydroxyl groups is 1. The summed E-state index contributed by atoms with van der Waals surface area (Å²) >= 11 is 8.99. The summed E-state index contributed by atoms with van der Waals surface area (Å²) in [7, 11) is 0. The van der Waals surface area contributed by atoms with Crippen molar-refractivity contribution in [3.8, 4) is 5.75 Å². The molecule has 2 nitrogen and oxygen atoms in total. The Labute approximate surface area is 96.0 Å². The molecule has 1 unspecified atom stereocenters. The summed E-state index contributed by atoms with van der Waals surface area (Å²) in [5, 5.41) is 9.23. The molecule has 0 bridgehead atoms. The molecule has 0 fully saturated rings. The van der Waals surface area contributed by atoms with Crippen molar-refractivity contribution in [2.45, 2.75) is 17.6 Å². The van der Waals surface area contributed by atoms with Crippen molar-refractivity contribution in [1.82, 2.24) is 0 Å². The fourth-order valence-corrected chi connectivity index (χ4v) is 1.85. The fraction of sp³-hybridized carbons (Fsp3) is 0.300. The zero-order chi connectivity index (χ0) is 10.7. The van der Waals surface area contributed by atoms with Gasteiger partial charge in [-0.1, -0.05) is 22.0 Å². The largest absolute Gasteiger partial charge is 0.508 e. The summed E-state index contributed by atoms with van der Waals surface area (Å²) in [6, 6.07) is 4.82. The first-order chi connectivity index (χ1) is 6.56. The van der Waals surface area contributed by atoms with Gasteiger partial charge < -0.3 is 5.11 Å². The van der Waals surface area contributed by atoms with Crippen LogP contribution < -0.4 is 0 Å². The molecule has 0 aliphatic rings. The Kier molecular flexibility index (Phi) is 3.96. The molecule has 0 heterocycles. The lowest BCUT2D eigenvalue weighted by Gasteiger charge is -2.11. The van der Waals surface area contributed by atoms with Crippen molar-refractivity contribution >= 4 is 33.3 Å². The first-order valence-corrected chi connectivity index (χ1v) is 5.53. The molecule has 76 valence electrons. The van der Waals surface area contributed by atoms with Crippen LogP contribution in [-0.2, 0) is 10.7 Å². The molecule has 1 aromatic rings. The molecule has 0 saturated carbocycles. The molecular formula is C10H10BrClO2. The molecule has 0 radical (unpaired) electrons. The Bertz CT molecular complexity index is 352. The predicted molar refractivity (Wildman–Crippen MR) is 60.0 cm³/mol. The number of phenolic OH excluding ortho intramolecular Hbond substituents is 1. The van der Waals surface area contributed by atoms with Crippen molar-refractivity contribution in [3.63, 3.8) is 0 Å². The number of carbonyl (C=O) groups is 1. The van der Waals surface area contributed by atoms with Gasteiger partial charge in [0.2, 0.25) is 0 Å². The highest BCUT2D eigenvalue weighted by molar-refractivity contribution is 9.09. The first-order valence-electron chi connectivity index (χ1n) is 4.08. The molecule has 0 saturated heterocycles. The van der Waals surface area contributed by atoms with Gasteiger partial charge in [0.1, 0.15) is 11.5 Å². The minimum atomic E-state index is -0.350. The Hall–Kier alpha value is -0.540. The molecule has 4 heteroatoms. The quantitative estimate of drug-likeness (QED) is 0.862. The maximum Gasteiger partial charge on any atom is 0.147 e. The van der Waals surface area contributed by atoms with Gasteiger partial charge in [-0.25, -0.2) is 0 Å². The number of alkyl halides is 2. The number of benzene rings is 1. The topological polar surface area (TPSA) is 37.3 Å². The highest BCUT2D eigenvalue weighted by Gasteiger charge is 2.16. The maximum absolute atomic E-state index is 11.1. The summed E-state index contributed by atoms with van der Waals surface area (Å²) in [6.45, 7) is 1.50. The average molecular weight is 278 g/mol. The van der Waals surface area contributed by atoms with Crippen LogP contribution in [0.25, 0.3) is 0 Å². The van der Waals surface area contributed by atoms with Crippen LogP contribution in [0.5, 0.6) is 5.75 Å². The molecule has 1 rings (SSSR count). The van der Waals surface area contributed by atoms with E-state index in [0.29, 0.717) is 0 Å². The molecular weight excluding hydrogens is 267 g/mol. The Morgan fingerprint density at radius 3 is 2.79 bits per heavy atom. The van der Waals surface area contributed by atoms with Gasteiger partial charge in [-0.2, -0.15) is 0 Å². The van der Waals surface area contributed by atoms with E-state index >= 15 is 0 Å². The molecule has 1 aromatic carbocycles. The van der Waals surface area contributed by atoms with Crippen LogP contribution >= 0.6 is 27.5 Å². The smallest absolute Gasteiger partial charge is 0.147 e. The summed E-state index contributed by atoms with van der Waals surface area (Å²) in [4.78, 5) is 10.8. The van der Waals surface area contributed by atoms with Crippen LogP contribution in [0.1, 0.15) is 22.9 Å². The molecule has 0 aliphatic heterocycles. The highest BCUT2D eigenvalue weighted by atomic mass is 79.9.